The number of likely N-dealkylation sites (tertiary alicyclic amines) is 1. The van der Waals surface area contributed by atoms with Crippen molar-refractivity contribution in [2.45, 2.75) is 46.0 Å². The van der Waals surface area contributed by atoms with Crippen LogP contribution in [0.5, 0.6) is 5.75 Å². The number of nitrogens with zero attached hydrogens (tertiary/aromatic N) is 2. The van der Waals surface area contributed by atoms with Gasteiger partial charge in [-0.05, 0) is 82.8 Å². The number of methoxy groups -OCH3 is 1. The van der Waals surface area contributed by atoms with Crippen LogP contribution < -0.4 is 21.1 Å². The zero-order valence-electron chi connectivity index (χ0n) is 18.9. The number of hydrogen-bond donors (Lipinski definition) is 3. The van der Waals surface area contributed by atoms with Crippen molar-refractivity contribution in [3.8, 4) is 5.75 Å². The molecule has 1 heterocycles. The van der Waals surface area contributed by atoms with Crippen LogP contribution in [-0.4, -0.2) is 63.1 Å². The highest BCUT2D eigenvalue weighted by atomic mass is 16.5. The van der Waals surface area contributed by atoms with Crippen LogP contribution in [0.4, 0.5) is 0 Å². The molecule has 1 aromatic rings. The number of aryl methyl sites for hydroxylation is 1. The van der Waals surface area contributed by atoms with Gasteiger partial charge in [0.1, 0.15) is 5.75 Å². The molecular formula is C23H39N5O2. The van der Waals surface area contributed by atoms with Crippen molar-refractivity contribution < 1.29 is 9.53 Å². The Labute approximate surface area is 181 Å². The second-order valence-electron chi connectivity index (χ2n) is 7.97. The maximum atomic E-state index is 11.2. The Kier molecular flexibility index (Phi) is 10.5. The van der Waals surface area contributed by atoms with Crippen molar-refractivity contribution in [2.75, 3.05) is 46.4 Å². The fourth-order valence-electron chi connectivity index (χ4n) is 3.77. The molecule has 0 aliphatic carbocycles. The first-order valence-electron chi connectivity index (χ1n) is 11.2. The SMILES string of the molecule is CCNC(=NCCCCN1CCC(C(N)=O)CC1)NCCc1ccc(C)c(OC)c1. The molecular weight excluding hydrogens is 378 g/mol. The molecule has 1 amide bonds. The summed E-state index contributed by atoms with van der Waals surface area (Å²) >= 11 is 0. The molecule has 1 fully saturated rings. The van der Waals surface area contributed by atoms with Crippen LogP contribution >= 0.6 is 0 Å². The lowest BCUT2D eigenvalue weighted by Gasteiger charge is -2.30. The van der Waals surface area contributed by atoms with Crippen LogP contribution in [-0.2, 0) is 11.2 Å². The van der Waals surface area contributed by atoms with Crippen LogP contribution in [0.25, 0.3) is 0 Å². The maximum Gasteiger partial charge on any atom is 0.220 e. The van der Waals surface area contributed by atoms with E-state index in [0.717, 1.165) is 88.6 Å². The molecule has 0 aromatic heterocycles. The molecule has 0 saturated carbocycles. The highest BCUT2D eigenvalue weighted by Gasteiger charge is 2.22. The number of primary amides is 1. The van der Waals surface area contributed by atoms with Crippen LogP contribution in [0.15, 0.2) is 23.2 Å². The van der Waals surface area contributed by atoms with Crippen LogP contribution in [0.2, 0.25) is 0 Å². The average Bonchev–Trinajstić information content (AvgIpc) is 2.75. The summed E-state index contributed by atoms with van der Waals surface area (Å²) in [6, 6.07) is 6.35. The lowest BCUT2D eigenvalue weighted by molar-refractivity contribution is -0.123. The lowest BCUT2D eigenvalue weighted by Crippen LogP contribution is -2.39. The molecule has 2 rings (SSSR count). The van der Waals surface area contributed by atoms with E-state index in [9.17, 15) is 4.79 Å². The summed E-state index contributed by atoms with van der Waals surface area (Å²) in [6.07, 6.45) is 4.89. The number of rotatable bonds is 11. The summed E-state index contributed by atoms with van der Waals surface area (Å²) < 4.78 is 5.41. The topological polar surface area (TPSA) is 92.0 Å². The predicted octanol–water partition coefficient (Wildman–Crippen LogP) is 2.08. The molecule has 0 spiro atoms. The molecule has 168 valence electrons. The Bertz CT molecular complexity index is 684. The third kappa shape index (κ3) is 8.22. The minimum atomic E-state index is -0.144. The first-order valence-corrected chi connectivity index (χ1v) is 11.2. The molecule has 0 atom stereocenters. The van der Waals surface area contributed by atoms with Crippen molar-refractivity contribution in [3.63, 3.8) is 0 Å². The van der Waals surface area contributed by atoms with Gasteiger partial charge >= 0.3 is 0 Å². The van der Waals surface area contributed by atoms with Gasteiger partial charge < -0.3 is 26.0 Å². The van der Waals surface area contributed by atoms with Gasteiger partial charge in [0.2, 0.25) is 5.91 Å². The molecule has 1 aliphatic heterocycles. The number of benzene rings is 1. The number of ether oxygens (including phenoxy) is 1. The van der Waals surface area contributed by atoms with E-state index >= 15 is 0 Å². The van der Waals surface area contributed by atoms with Gasteiger partial charge in [-0.25, -0.2) is 0 Å². The number of hydrogen-bond acceptors (Lipinski definition) is 4. The molecule has 0 bridgehead atoms. The minimum absolute atomic E-state index is 0.0700. The fourth-order valence-corrected chi connectivity index (χ4v) is 3.77. The van der Waals surface area contributed by atoms with Gasteiger partial charge in [-0.1, -0.05) is 12.1 Å². The highest BCUT2D eigenvalue weighted by Crippen LogP contribution is 2.19. The number of guanidine groups is 1. The summed E-state index contributed by atoms with van der Waals surface area (Å²) in [5, 5.41) is 6.74. The molecule has 30 heavy (non-hydrogen) atoms. The normalized spacial score (nSPS) is 15.8. The summed E-state index contributed by atoms with van der Waals surface area (Å²) in [7, 11) is 1.71. The molecule has 1 aliphatic rings. The van der Waals surface area contributed by atoms with Gasteiger partial charge in [-0.3, -0.25) is 9.79 Å². The van der Waals surface area contributed by atoms with Crippen molar-refractivity contribution in [1.82, 2.24) is 15.5 Å². The van der Waals surface area contributed by atoms with E-state index in [0.29, 0.717) is 0 Å². The number of unbranched alkanes of at least 4 members (excludes halogenated alkanes) is 1. The van der Waals surface area contributed by atoms with Crippen LogP contribution in [0, 0.1) is 12.8 Å². The summed E-state index contributed by atoms with van der Waals surface area (Å²) in [6.45, 7) is 9.64. The zero-order chi connectivity index (χ0) is 21.8. The lowest BCUT2D eigenvalue weighted by atomic mass is 9.96. The summed E-state index contributed by atoms with van der Waals surface area (Å²) in [4.78, 5) is 18.4. The molecule has 1 aromatic carbocycles. The molecule has 0 radical (unpaired) electrons. The fraction of sp³-hybridized carbons (Fsp3) is 0.652. The summed E-state index contributed by atoms with van der Waals surface area (Å²) in [5.74, 6) is 1.74. The number of amides is 1. The van der Waals surface area contributed by atoms with Crippen LogP contribution in [0.1, 0.15) is 43.7 Å². The van der Waals surface area contributed by atoms with E-state index in [4.69, 9.17) is 15.5 Å². The Hall–Kier alpha value is -2.28. The number of carbonyl (C=O) groups excluding carboxylic acids is 1. The standard InChI is InChI=1S/C23H39N5O2/c1-4-25-23(27-13-9-19-8-7-18(2)21(17-19)30-3)26-12-5-6-14-28-15-10-20(11-16-28)22(24)29/h7-8,17,20H,4-6,9-16H2,1-3H3,(H2,24,29)(H2,25,26,27). The zero-order valence-corrected chi connectivity index (χ0v) is 18.9. The monoisotopic (exact) mass is 417 g/mol. The van der Waals surface area contributed by atoms with E-state index in [1.165, 1.54) is 5.56 Å². The van der Waals surface area contributed by atoms with Gasteiger partial charge in [-0.15, -0.1) is 0 Å². The first kappa shape index (κ1) is 24.0. The molecule has 0 unspecified atom stereocenters. The van der Waals surface area contributed by atoms with Crippen molar-refractivity contribution in [2.24, 2.45) is 16.6 Å². The Balaban J connectivity index is 1.66. The van der Waals surface area contributed by atoms with Gasteiger partial charge in [-0.2, -0.15) is 0 Å². The largest absolute Gasteiger partial charge is 0.496 e. The minimum Gasteiger partial charge on any atom is -0.496 e. The molecule has 1 saturated heterocycles. The maximum absolute atomic E-state index is 11.2. The van der Waals surface area contributed by atoms with Gasteiger partial charge in [0, 0.05) is 25.6 Å². The predicted molar refractivity (Wildman–Crippen MR) is 123 cm³/mol. The number of nitrogens with one attached hydrogen (secondary N) is 2. The average molecular weight is 418 g/mol. The van der Waals surface area contributed by atoms with Gasteiger partial charge in [0.15, 0.2) is 5.96 Å². The second-order valence-corrected chi connectivity index (χ2v) is 7.97. The van der Waals surface area contributed by atoms with E-state index < -0.39 is 0 Å². The van der Waals surface area contributed by atoms with E-state index in [1.54, 1.807) is 7.11 Å². The van der Waals surface area contributed by atoms with Crippen LogP contribution in [0.3, 0.4) is 0 Å². The number of aliphatic imine (C=N–C) groups is 1. The van der Waals surface area contributed by atoms with Gasteiger partial charge in [0.25, 0.3) is 0 Å². The number of piperidine rings is 1. The van der Waals surface area contributed by atoms with Gasteiger partial charge in [0.05, 0.1) is 7.11 Å². The van der Waals surface area contributed by atoms with E-state index in [2.05, 4.69) is 47.6 Å². The van der Waals surface area contributed by atoms with Crippen molar-refractivity contribution in [1.29, 1.82) is 0 Å². The quantitative estimate of drug-likeness (QED) is 0.291. The number of carbonyl (C=O) groups is 1. The Morgan fingerprint density at radius 2 is 2.03 bits per heavy atom. The molecule has 7 heteroatoms. The summed E-state index contributed by atoms with van der Waals surface area (Å²) in [5.41, 5.74) is 7.81. The van der Waals surface area contributed by atoms with E-state index in [-0.39, 0.29) is 11.8 Å². The smallest absolute Gasteiger partial charge is 0.220 e. The first-order chi connectivity index (χ1) is 14.5. The second kappa shape index (κ2) is 13.1. The highest BCUT2D eigenvalue weighted by molar-refractivity contribution is 5.79. The van der Waals surface area contributed by atoms with Crippen molar-refractivity contribution in [3.05, 3.63) is 29.3 Å². The molecule has 4 N–H and O–H groups in total. The third-order valence-corrected chi connectivity index (χ3v) is 5.67. The third-order valence-electron chi connectivity index (χ3n) is 5.67. The van der Waals surface area contributed by atoms with Crippen molar-refractivity contribution >= 4 is 11.9 Å². The Morgan fingerprint density at radius 3 is 2.70 bits per heavy atom. The molecule has 7 nitrogen and oxygen atoms in total. The van der Waals surface area contributed by atoms with E-state index in [1.807, 2.05) is 0 Å². The Morgan fingerprint density at radius 1 is 1.27 bits per heavy atom. The number of nitrogens with two attached hydrogens (primary N) is 1.